The molecule has 2 aliphatic rings. The fourth-order valence-electron chi connectivity index (χ4n) is 22.9. The highest BCUT2D eigenvalue weighted by Gasteiger charge is 2.48. The van der Waals surface area contributed by atoms with E-state index in [9.17, 15) is 0 Å². The van der Waals surface area contributed by atoms with E-state index in [0.717, 1.165) is 134 Å². The molecule has 27 rings (SSSR count). The highest BCUT2D eigenvalue weighted by molar-refractivity contribution is 6.09. The maximum Gasteiger partial charge on any atom is 0.135 e. The second-order valence-corrected chi connectivity index (χ2v) is 37.7. The Kier molecular flexibility index (Phi) is 22.4. The Morgan fingerprint density at radius 2 is 0.370 bits per heavy atom. The second kappa shape index (κ2) is 37.5. The lowest BCUT2D eigenvalue weighted by molar-refractivity contribution is 0.668. The van der Waals surface area contributed by atoms with Crippen LogP contribution in [0, 0.1) is 0 Å². The number of fused-ring (bicyclic) bond motifs is 12. The largest absolute Gasteiger partial charge is 0.456 e. The van der Waals surface area contributed by atoms with Gasteiger partial charge in [0.15, 0.2) is 0 Å². The van der Waals surface area contributed by atoms with Crippen LogP contribution in [0.15, 0.2) is 591 Å². The summed E-state index contributed by atoms with van der Waals surface area (Å²) in [6, 6.07) is 211. The molecule has 23 aromatic carbocycles. The van der Waals surface area contributed by atoms with Gasteiger partial charge < -0.3 is 28.4 Å². The number of rotatable bonds is 21. The molecule has 146 heavy (non-hydrogen) atoms. The van der Waals surface area contributed by atoms with Crippen molar-refractivity contribution in [3.8, 4) is 77.9 Å². The summed E-state index contributed by atoms with van der Waals surface area (Å²) in [6.07, 6.45) is 0. The van der Waals surface area contributed by atoms with Gasteiger partial charge in [-0.2, -0.15) is 0 Å². The van der Waals surface area contributed by atoms with Gasteiger partial charge in [0.2, 0.25) is 0 Å². The van der Waals surface area contributed by atoms with E-state index in [1.807, 2.05) is 18.2 Å². The summed E-state index contributed by atoms with van der Waals surface area (Å²) in [7, 11) is 0. The average molecular weight is 1870 g/mol. The first-order valence-electron chi connectivity index (χ1n) is 50.1. The van der Waals surface area contributed by atoms with E-state index in [2.05, 4.69) is 584 Å². The Morgan fingerprint density at radius 1 is 0.123 bits per heavy atom. The fraction of sp³-hybridized carbons (Fsp3) is 0.0143. The van der Waals surface area contributed by atoms with Crippen molar-refractivity contribution in [2.75, 3.05) is 19.6 Å². The summed E-state index contributed by atoms with van der Waals surface area (Å²) in [5.41, 5.74) is 41.5. The van der Waals surface area contributed by atoms with Gasteiger partial charge in [-0.3, -0.25) is 0 Å². The van der Waals surface area contributed by atoms with Gasteiger partial charge in [0.1, 0.15) is 22.3 Å². The summed E-state index contributed by atoms with van der Waals surface area (Å²) in [6.45, 7) is 0. The van der Waals surface area contributed by atoms with E-state index >= 15 is 0 Å². The number of anilines is 12. The molecule has 0 spiro atoms. The zero-order valence-corrected chi connectivity index (χ0v) is 80.0. The molecule has 0 saturated heterocycles. The third-order valence-electron chi connectivity index (χ3n) is 29.4. The fourth-order valence-corrected chi connectivity index (χ4v) is 22.9. The van der Waals surface area contributed by atoms with Crippen LogP contribution in [0.25, 0.3) is 122 Å². The monoisotopic (exact) mass is 1860 g/mol. The van der Waals surface area contributed by atoms with Crippen LogP contribution in [-0.2, 0) is 10.8 Å². The number of furan rings is 2. The third-order valence-corrected chi connectivity index (χ3v) is 29.4. The van der Waals surface area contributed by atoms with Crippen molar-refractivity contribution in [3.05, 3.63) is 627 Å². The highest BCUT2D eigenvalue weighted by Crippen LogP contribution is 2.60. The SMILES string of the molecule is c1ccc(-c2ccc(N(c3cccc(-c4ccccc4)c3)c3cccc(N(c4cccc(C5(c6ccccc6)c6ccccc6-c6ccccc65)c4)c4ccc5oc6ccccc6c5c4)c3)cc2)cc1.c1ccc(-c2ccc(N(c3cccc(N(c4cccc(C5(c6ccccc6)c6ccccc6-c6ccccc65)c4)c4ccc5oc6ccccc6c5c4)c3)c3ccc(-c4ccccc4)c(-c4ccccc4)c3)cc2)cc1. The van der Waals surface area contributed by atoms with Gasteiger partial charge in [-0.25, -0.2) is 0 Å². The van der Waals surface area contributed by atoms with E-state index in [0.29, 0.717) is 0 Å². The topological polar surface area (TPSA) is 39.2 Å². The molecule has 0 bridgehead atoms. The van der Waals surface area contributed by atoms with Crippen molar-refractivity contribution in [2.45, 2.75) is 10.8 Å². The minimum atomic E-state index is -0.576. The normalized spacial score (nSPS) is 12.4. The van der Waals surface area contributed by atoms with Crippen LogP contribution >= 0.6 is 0 Å². The lowest BCUT2D eigenvalue weighted by Crippen LogP contribution is -2.28. The van der Waals surface area contributed by atoms with Gasteiger partial charge in [0, 0.05) is 89.8 Å². The Labute approximate surface area is 850 Å². The molecule has 0 fully saturated rings. The first kappa shape index (κ1) is 87.1. The number of hydrogen-bond acceptors (Lipinski definition) is 6. The third kappa shape index (κ3) is 15.5. The molecule has 688 valence electrons. The van der Waals surface area contributed by atoms with Crippen LogP contribution < -0.4 is 19.6 Å². The highest BCUT2D eigenvalue weighted by atomic mass is 16.3. The van der Waals surface area contributed by atoms with E-state index in [1.165, 1.54) is 100 Å². The molecule has 0 amide bonds. The molecule has 0 aliphatic heterocycles. The molecule has 2 heterocycles. The van der Waals surface area contributed by atoms with Crippen molar-refractivity contribution < 1.29 is 8.83 Å². The number of nitrogens with zero attached hydrogens (tertiary/aromatic N) is 4. The summed E-state index contributed by atoms with van der Waals surface area (Å²) < 4.78 is 12.9. The van der Waals surface area contributed by atoms with Gasteiger partial charge in [0.25, 0.3) is 0 Å². The van der Waals surface area contributed by atoms with Gasteiger partial charge in [-0.15, -0.1) is 0 Å². The van der Waals surface area contributed by atoms with Gasteiger partial charge in [-0.05, 0) is 280 Å². The standard InChI is InChI=1S/C73H50N2O.C67H46N2O/c1-5-21-51(22-6-1)52-39-41-57(42-40-52)74(61-43-45-63(53-23-7-2-8-24-53)67(49-61)54-25-9-3-10-26-54)59-31-20-32-60(48-59)75(62-44-46-72-68(50-62)66-35-15-18-38-71(66)76-72)58-30-19-29-56(47-58)73(55-27-11-4-12-28-55)69-36-16-13-33-64(69)65-34-14-17-37-70(65)73;1-4-19-47(20-5-1)49-37-39-53(40-38-49)68(54-27-16-23-50(43-54)48-21-6-2-7-22-48)56-29-18-30-57(45-56)69(58-41-42-66-62(46-58)61-33-12-15-36-65(61)70-66)55-28-17-26-52(44-55)67(51-24-8-3-9-25-51)63-34-13-10-31-59(63)60-32-11-14-35-64(60)67/h1-50H;1-46H. The van der Waals surface area contributed by atoms with E-state index < -0.39 is 10.8 Å². The molecule has 0 radical (unpaired) electrons. The van der Waals surface area contributed by atoms with Crippen molar-refractivity contribution in [1.82, 2.24) is 0 Å². The molecule has 6 nitrogen and oxygen atoms in total. The zero-order valence-electron chi connectivity index (χ0n) is 80.0. The zero-order chi connectivity index (χ0) is 96.9. The smallest absolute Gasteiger partial charge is 0.135 e. The Morgan fingerprint density at radius 3 is 0.760 bits per heavy atom. The molecule has 0 atom stereocenters. The predicted octanol–water partition coefficient (Wildman–Crippen LogP) is 38.1. The maximum absolute atomic E-state index is 6.45. The summed E-state index contributed by atoms with van der Waals surface area (Å²) in [4.78, 5) is 9.61. The second-order valence-electron chi connectivity index (χ2n) is 37.7. The number of para-hydroxylation sites is 2. The molecule has 25 aromatic rings. The quantitative estimate of drug-likeness (QED) is 0.0714. The van der Waals surface area contributed by atoms with Crippen LogP contribution in [0.4, 0.5) is 68.2 Å². The summed E-state index contributed by atoms with van der Waals surface area (Å²) >= 11 is 0. The van der Waals surface area contributed by atoms with Gasteiger partial charge in [-0.1, -0.05) is 425 Å². The summed E-state index contributed by atoms with van der Waals surface area (Å²) in [5.74, 6) is 0. The van der Waals surface area contributed by atoms with Crippen molar-refractivity contribution in [1.29, 1.82) is 0 Å². The van der Waals surface area contributed by atoms with Crippen LogP contribution in [-0.4, -0.2) is 0 Å². The van der Waals surface area contributed by atoms with E-state index in [1.54, 1.807) is 0 Å². The minimum absolute atomic E-state index is 0.560. The van der Waals surface area contributed by atoms with Crippen molar-refractivity contribution in [2.24, 2.45) is 0 Å². The van der Waals surface area contributed by atoms with Crippen LogP contribution in [0.2, 0.25) is 0 Å². The molecule has 2 aromatic heterocycles. The van der Waals surface area contributed by atoms with Crippen LogP contribution in [0.1, 0.15) is 44.5 Å². The molecular weight excluding hydrogens is 1770 g/mol. The molecule has 0 N–H and O–H groups in total. The average Bonchev–Trinajstić information content (AvgIpc) is 1.54. The molecule has 0 unspecified atom stereocenters. The first-order valence-corrected chi connectivity index (χ1v) is 50.1. The number of hydrogen-bond donors (Lipinski definition) is 0. The van der Waals surface area contributed by atoms with Gasteiger partial charge in [0.05, 0.1) is 10.8 Å². The first-order chi connectivity index (χ1) is 72.4. The lowest BCUT2D eigenvalue weighted by Gasteiger charge is -2.35. The van der Waals surface area contributed by atoms with Crippen molar-refractivity contribution in [3.63, 3.8) is 0 Å². The van der Waals surface area contributed by atoms with Crippen molar-refractivity contribution >= 4 is 112 Å². The van der Waals surface area contributed by atoms with E-state index in [4.69, 9.17) is 8.83 Å². The van der Waals surface area contributed by atoms with Crippen LogP contribution in [0.3, 0.4) is 0 Å². The minimum Gasteiger partial charge on any atom is -0.456 e. The van der Waals surface area contributed by atoms with E-state index in [-0.39, 0.29) is 0 Å². The Hall–Kier alpha value is -19.1. The number of benzene rings is 23. The molecule has 6 heteroatoms. The molecule has 0 saturated carbocycles. The summed E-state index contributed by atoms with van der Waals surface area (Å²) in [5, 5.41) is 4.31. The maximum atomic E-state index is 6.45. The lowest BCUT2D eigenvalue weighted by atomic mass is 9.67. The molecular formula is C140H96N4O2. The Bertz CT molecular complexity index is 9030. The van der Waals surface area contributed by atoms with Gasteiger partial charge >= 0.3 is 0 Å². The predicted molar refractivity (Wildman–Crippen MR) is 608 cm³/mol. The molecule has 2 aliphatic carbocycles. The Balaban J connectivity index is 0.000000149. The van der Waals surface area contributed by atoms with Crippen LogP contribution in [0.5, 0.6) is 0 Å².